The summed E-state index contributed by atoms with van der Waals surface area (Å²) in [6.45, 7) is 6.16. The molecule has 0 fully saturated rings. The molecule has 1 aromatic carbocycles. The van der Waals surface area contributed by atoms with Crippen molar-refractivity contribution in [3.05, 3.63) is 45.3 Å². The Kier molecular flexibility index (Phi) is 3.66. The third-order valence-electron chi connectivity index (χ3n) is 2.74. The van der Waals surface area contributed by atoms with Gasteiger partial charge in [-0.1, -0.05) is 39.0 Å². The molecule has 1 heterocycles. The maximum absolute atomic E-state index is 11.3. The Morgan fingerprint density at radius 1 is 1.26 bits per heavy atom. The van der Waals surface area contributed by atoms with Gasteiger partial charge in [-0.05, 0) is 34.7 Å². The van der Waals surface area contributed by atoms with E-state index in [9.17, 15) is 9.90 Å². The van der Waals surface area contributed by atoms with Crippen LogP contribution in [0.5, 0.6) is 0 Å². The Balaban J connectivity index is 2.74. The van der Waals surface area contributed by atoms with E-state index in [1.165, 1.54) is 0 Å². The first-order valence-corrected chi connectivity index (χ1v) is 6.98. The largest absolute Gasteiger partial charge is 0.476 e. The summed E-state index contributed by atoms with van der Waals surface area (Å²) < 4.78 is 2.42. The lowest BCUT2D eigenvalue weighted by atomic mass is 9.91. The Bertz CT molecular complexity index is 612. The van der Waals surface area contributed by atoms with Crippen LogP contribution in [-0.2, 0) is 5.41 Å². The van der Waals surface area contributed by atoms with Crippen molar-refractivity contribution in [3.63, 3.8) is 0 Å². The monoisotopic (exact) mass is 370 g/mol. The van der Waals surface area contributed by atoms with Gasteiger partial charge >= 0.3 is 5.97 Å². The summed E-state index contributed by atoms with van der Waals surface area (Å²) in [5.74, 6) is -0.996. The highest BCUT2D eigenvalue weighted by molar-refractivity contribution is 14.1. The van der Waals surface area contributed by atoms with E-state index in [1.54, 1.807) is 4.68 Å². The normalized spacial score (nSPS) is 11.6. The number of aromatic nitrogens is 2. The van der Waals surface area contributed by atoms with Crippen LogP contribution in [0.1, 0.15) is 37.0 Å². The van der Waals surface area contributed by atoms with Crippen molar-refractivity contribution in [2.45, 2.75) is 26.2 Å². The zero-order chi connectivity index (χ0) is 14.2. The van der Waals surface area contributed by atoms with Crippen LogP contribution in [0, 0.1) is 3.57 Å². The number of rotatable bonds is 2. The molecule has 0 aliphatic heterocycles. The Hall–Kier alpha value is -1.37. The summed E-state index contributed by atoms with van der Waals surface area (Å²) in [5, 5.41) is 13.5. The zero-order valence-electron chi connectivity index (χ0n) is 11.0. The molecule has 0 aliphatic carbocycles. The molecule has 0 unspecified atom stereocenters. The van der Waals surface area contributed by atoms with Crippen LogP contribution in [0.4, 0.5) is 0 Å². The lowest BCUT2D eigenvalue weighted by Crippen LogP contribution is -2.18. The molecule has 4 nitrogen and oxygen atoms in total. The molecule has 0 saturated carbocycles. The van der Waals surface area contributed by atoms with E-state index in [4.69, 9.17) is 0 Å². The van der Waals surface area contributed by atoms with Crippen molar-refractivity contribution in [1.29, 1.82) is 0 Å². The molecule has 0 atom stereocenters. The van der Waals surface area contributed by atoms with Gasteiger partial charge in [-0.25, -0.2) is 9.48 Å². The van der Waals surface area contributed by atoms with Crippen molar-refractivity contribution in [2.75, 3.05) is 0 Å². The predicted molar refractivity (Wildman–Crippen MR) is 81.9 cm³/mol. The van der Waals surface area contributed by atoms with Crippen LogP contribution in [0.15, 0.2) is 30.3 Å². The number of para-hydroxylation sites is 1. The van der Waals surface area contributed by atoms with Crippen molar-refractivity contribution in [2.24, 2.45) is 0 Å². The van der Waals surface area contributed by atoms with Gasteiger partial charge in [-0.15, -0.1) is 0 Å². The quantitative estimate of drug-likeness (QED) is 0.824. The second-order valence-electron chi connectivity index (χ2n) is 5.31. The molecule has 0 bridgehead atoms. The average Bonchev–Trinajstić information content (AvgIpc) is 2.68. The Labute approximate surface area is 125 Å². The summed E-state index contributed by atoms with van der Waals surface area (Å²) in [4.78, 5) is 11.3. The number of aromatic carboxylic acids is 1. The van der Waals surface area contributed by atoms with E-state index in [1.807, 2.05) is 30.3 Å². The maximum atomic E-state index is 11.3. The van der Waals surface area contributed by atoms with Crippen LogP contribution >= 0.6 is 22.6 Å². The number of hydrogen-bond acceptors (Lipinski definition) is 2. The van der Waals surface area contributed by atoms with Gasteiger partial charge in [0.15, 0.2) is 5.69 Å². The molecule has 1 N–H and O–H groups in total. The van der Waals surface area contributed by atoms with E-state index < -0.39 is 5.97 Å². The highest BCUT2D eigenvalue weighted by Crippen LogP contribution is 2.31. The van der Waals surface area contributed by atoms with E-state index in [0.29, 0.717) is 3.57 Å². The first kappa shape index (κ1) is 14.0. The van der Waals surface area contributed by atoms with Crippen LogP contribution in [0.25, 0.3) is 5.69 Å². The smallest absolute Gasteiger partial charge is 0.357 e. The molecule has 2 rings (SSSR count). The third-order valence-corrected chi connectivity index (χ3v) is 3.76. The number of carboxylic acid groups (broad SMARTS) is 1. The molecule has 5 heteroatoms. The molecule has 100 valence electrons. The van der Waals surface area contributed by atoms with Crippen molar-refractivity contribution >= 4 is 28.6 Å². The minimum absolute atomic E-state index is 0.106. The minimum atomic E-state index is -0.996. The first-order valence-electron chi connectivity index (χ1n) is 5.90. The summed E-state index contributed by atoms with van der Waals surface area (Å²) in [5.41, 5.74) is 1.71. The van der Waals surface area contributed by atoms with Crippen LogP contribution in [0.2, 0.25) is 0 Å². The number of carboxylic acids is 1. The predicted octanol–water partition coefficient (Wildman–Crippen LogP) is 3.47. The minimum Gasteiger partial charge on any atom is -0.476 e. The van der Waals surface area contributed by atoms with Crippen molar-refractivity contribution < 1.29 is 9.90 Å². The fourth-order valence-corrected chi connectivity index (χ4v) is 3.31. The van der Waals surface area contributed by atoms with Gasteiger partial charge in [-0.3, -0.25) is 0 Å². The molecular weight excluding hydrogens is 355 g/mol. The summed E-state index contributed by atoms with van der Waals surface area (Å²) in [6.07, 6.45) is 0. The molecule has 0 spiro atoms. The van der Waals surface area contributed by atoms with Crippen LogP contribution in [-0.4, -0.2) is 20.9 Å². The van der Waals surface area contributed by atoms with Gasteiger partial charge in [-0.2, -0.15) is 5.10 Å². The summed E-state index contributed by atoms with van der Waals surface area (Å²) in [6, 6.07) is 9.59. The molecule has 19 heavy (non-hydrogen) atoms. The van der Waals surface area contributed by atoms with Gasteiger partial charge in [0.2, 0.25) is 0 Å². The van der Waals surface area contributed by atoms with E-state index >= 15 is 0 Å². The van der Waals surface area contributed by atoms with Gasteiger partial charge in [0, 0.05) is 5.41 Å². The molecule has 0 aliphatic rings. The fraction of sp³-hybridized carbons (Fsp3) is 0.286. The number of nitrogens with zero attached hydrogens (tertiary/aromatic N) is 2. The molecule has 1 aromatic heterocycles. The molecule has 0 radical (unpaired) electrons. The average molecular weight is 370 g/mol. The van der Waals surface area contributed by atoms with Gasteiger partial charge < -0.3 is 5.11 Å². The fourth-order valence-electron chi connectivity index (χ4n) is 1.94. The Morgan fingerprint density at radius 3 is 2.32 bits per heavy atom. The SMILES string of the molecule is CC(C)(C)c1c(I)c(C(=O)O)nn1-c1ccccc1. The van der Waals surface area contributed by atoms with Gasteiger partial charge in [0.25, 0.3) is 0 Å². The summed E-state index contributed by atoms with van der Waals surface area (Å²) >= 11 is 2.06. The van der Waals surface area contributed by atoms with Crippen LogP contribution in [0.3, 0.4) is 0 Å². The third kappa shape index (κ3) is 2.65. The topological polar surface area (TPSA) is 55.1 Å². The lowest BCUT2D eigenvalue weighted by molar-refractivity contribution is 0.0689. The molecule has 0 saturated heterocycles. The Morgan fingerprint density at radius 2 is 1.84 bits per heavy atom. The van der Waals surface area contributed by atoms with Gasteiger partial charge in [0.05, 0.1) is 15.0 Å². The van der Waals surface area contributed by atoms with E-state index in [-0.39, 0.29) is 11.1 Å². The number of benzene rings is 1. The first-order chi connectivity index (χ1) is 8.82. The second kappa shape index (κ2) is 4.96. The van der Waals surface area contributed by atoms with Crippen molar-refractivity contribution in [3.8, 4) is 5.69 Å². The maximum Gasteiger partial charge on any atom is 0.357 e. The van der Waals surface area contributed by atoms with Crippen LogP contribution < -0.4 is 0 Å². The standard InChI is InChI=1S/C14H15IN2O2/c1-14(2,3)12-10(15)11(13(18)19)16-17(12)9-7-5-4-6-8-9/h4-8H,1-3H3,(H,18,19). The number of carbonyl (C=O) groups is 1. The van der Waals surface area contributed by atoms with E-state index in [0.717, 1.165) is 11.4 Å². The second-order valence-corrected chi connectivity index (χ2v) is 6.39. The van der Waals surface area contributed by atoms with E-state index in [2.05, 4.69) is 48.5 Å². The van der Waals surface area contributed by atoms with Crippen molar-refractivity contribution in [1.82, 2.24) is 9.78 Å². The number of hydrogen-bond donors (Lipinski definition) is 1. The lowest BCUT2D eigenvalue weighted by Gasteiger charge is -2.21. The zero-order valence-corrected chi connectivity index (χ0v) is 13.2. The van der Waals surface area contributed by atoms with Gasteiger partial charge in [0.1, 0.15) is 0 Å². The molecular formula is C14H15IN2O2. The highest BCUT2D eigenvalue weighted by Gasteiger charge is 2.29. The highest BCUT2D eigenvalue weighted by atomic mass is 127. The molecule has 0 amide bonds. The number of halogens is 1. The summed E-state index contributed by atoms with van der Waals surface area (Å²) in [7, 11) is 0. The molecule has 2 aromatic rings.